The van der Waals surface area contributed by atoms with Crippen molar-refractivity contribution in [2.45, 2.75) is 110 Å². The van der Waals surface area contributed by atoms with Gasteiger partial charge in [0, 0.05) is 0 Å². The summed E-state index contributed by atoms with van der Waals surface area (Å²) in [5, 5.41) is 0. The molecule has 0 bridgehead atoms. The van der Waals surface area contributed by atoms with E-state index >= 15 is 0 Å². The van der Waals surface area contributed by atoms with Crippen molar-refractivity contribution in [3.63, 3.8) is 0 Å². The SMILES string of the molecule is CCCCCCCCC(CCCCCCCC)OS(=O)(=O)O. The van der Waals surface area contributed by atoms with Crippen LogP contribution in [0, 0.1) is 0 Å². The number of rotatable bonds is 16. The summed E-state index contributed by atoms with van der Waals surface area (Å²) in [7, 11) is -4.33. The quantitative estimate of drug-likeness (QED) is 0.291. The average Bonchev–Trinajstić information content (AvgIpc) is 2.44. The molecule has 134 valence electrons. The summed E-state index contributed by atoms with van der Waals surface area (Å²) >= 11 is 0. The Bertz CT molecular complexity index is 312. The molecular formula is C17H36O4S. The summed E-state index contributed by atoms with van der Waals surface area (Å²) in [5.41, 5.74) is 0. The third-order valence-electron chi connectivity index (χ3n) is 4.02. The zero-order valence-corrected chi connectivity index (χ0v) is 15.4. The fourth-order valence-corrected chi connectivity index (χ4v) is 3.25. The molecule has 0 aliphatic rings. The van der Waals surface area contributed by atoms with Gasteiger partial charge in [0.05, 0.1) is 6.10 Å². The van der Waals surface area contributed by atoms with E-state index in [1.54, 1.807) is 0 Å². The van der Waals surface area contributed by atoms with E-state index in [0.717, 1.165) is 38.5 Å². The summed E-state index contributed by atoms with van der Waals surface area (Å²) < 4.78 is 35.6. The van der Waals surface area contributed by atoms with E-state index in [2.05, 4.69) is 13.8 Å². The van der Waals surface area contributed by atoms with E-state index in [-0.39, 0.29) is 6.10 Å². The van der Waals surface area contributed by atoms with Crippen molar-refractivity contribution in [1.82, 2.24) is 0 Å². The van der Waals surface area contributed by atoms with Gasteiger partial charge in [-0.05, 0) is 12.8 Å². The van der Waals surface area contributed by atoms with E-state index in [9.17, 15) is 8.42 Å². The second kappa shape index (κ2) is 14.5. The molecule has 0 aliphatic heterocycles. The van der Waals surface area contributed by atoms with Crippen LogP contribution in [0.4, 0.5) is 0 Å². The summed E-state index contributed by atoms with van der Waals surface area (Å²) in [5.74, 6) is 0. The predicted octanol–water partition coefficient (Wildman–Crippen LogP) is 5.68. The van der Waals surface area contributed by atoms with Crippen molar-refractivity contribution < 1.29 is 17.2 Å². The van der Waals surface area contributed by atoms with Crippen LogP contribution in [0.2, 0.25) is 0 Å². The first-order valence-electron chi connectivity index (χ1n) is 9.15. The van der Waals surface area contributed by atoms with Gasteiger partial charge in [0.1, 0.15) is 0 Å². The Morgan fingerprint density at radius 1 is 0.727 bits per heavy atom. The Morgan fingerprint density at radius 2 is 1.09 bits per heavy atom. The average molecular weight is 337 g/mol. The Labute approximate surface area is 138 Å². The van der Waals surface area contributed by atoms with Crippen molar-refractivity contribution in [2.75, 3.05) is 0 Å². The minimum Gasteiger partial charge on any atom is -0.264 e. The maximum atomic E-state index is 10.9. The zero-order chi connectivity index (χ0) is 16.7. The van der Waals surface area contributed by atoms with Gasteiger partial charge in [0.15, 0.2) is 0 Å². The van der Waals surface area contributed by atoms with E-state index in [4.69, 9.17) is 8.74 Å². The molecule has 0 saturated heterocycles. The molecule has 0 aromatic rings. The van der Waals surface area contributed by atoms with E-state index < -0.39 is 10.4 Å². The third-order valence-corrected chi connectivity index (χ3v) is 4.53. The van der Waals surface area contributed by atoms with Crippen LogP contribution in [-0.4, -0.2) is 19.1 Å². The van der Waals surface area contributed by atoms with Gasteiger partial charge in [-0.25, -0.2) is 4.18 Å². The van der Waals surface area contributed by atoms with E-state index in [1.165, 1.54) is 51.4 Å². The molecule has 5 heteroatoms. The van der Waals surface area contributed by atoms with E-state index in [1.807, 2.05) is 0 Å². The molecule has 4 nitrogen and oxygen atoms in total. The van der Waals surface area contributed by atoms with Crippen LogP contribution in [0.3, 0.4) is 0 Å². The lowest BCUT2D eigenvalue weighted by Gasteiger charge is -2.15. The molecule has 0 aromatic carbocycles. The lowest BCUT2D eigenvalue weighted by molar-refractivity contribution is 0.157. The first-order valence-corrected chi connectivity index (χ1v) is 10.5. The molecule has 22 heavy (non-hydrogen) atoms. The largest absolute Gasteiger partial charge is 0.397 e. The normalized spacial score (nSPS) is 12.2. The molecule has 0 amide bonds. The molecule has 0 aliphatic carbocycles. The van der Waals surface area contributed by atoms with Gasteiger partial charge in [-0.1, -0.05) is 90.9 Å². The predicted molar refractivity (Wildman–Crippen MR) is 92.4 cm³/mol. The maximum absolute atomic E-state index is 10.9. The molecule has 0 radical (unpaired) electrons. The van der Waals surface area contributed by atoms with Crippen LogP contribution in [0.25, 0.3) is 0 Å². The molecule has 0 unspecified atom stereocenters. The van der Waals surface area contributed by atoms with Crippen molar-refractivity contribution in [1.29, 1.82) is 0 Å². The highest BCUT2D eigenvalue weighted by Gasteiger charge is 2.16. The topological polar surface area (TPSA) is 63.6 Å². The Balaban J connectivity index is 3.85. The molecule has 1 N–H and O–H groups in total. The summed E-state index contributed by atoms with van der Waals surface area (Å²) in [6.07, 6.45) is 15.1. The first-order chi connectivity index (χ1) is 10.5. The highest BCUT2D eigenvalue weighted by molar-refractivity contribution is 7.80. The standard InChI is InChI=1S/C17H36O4S/c1-3-5-7-9-11-13-15-17(21-22(18,19)20)16-14-12-10-8-6-4-2/h17H,3-16H2,1-2H3,(H,18,19,20). The molecule has 0 spiro atoms. The third kappa shape index (κ3) is 16.2. The minimum absolute atomic E-state index is 0.354. The highest BCUT2D eigenvalue weighted by Crippen LogP contribution is 2.18. The fraction of sp³-hybridized carbons (Fsp3) is 1.00. The Kier molecular flexibility index (Phi) is 14.4. The highest BCUT2D eigenvalue weighted by atomic mass is 32.3. The first kappa shape index (κ1) is 21.9. The lowest BCUT2D eigenvalue weighted by atomic mass is 10.0. The van der Waals surface area contributed by atoms with Gasteiger partial charge < -0.3 is 0 Å². The Morgan fingerprint density at radius 3 is 1.45 bits per heavy atom. The van der Waals surface area contributed by atoms with Crippen LogP contribution >= 0.6 is 0 Å². The van der Waals surface area contributed by atoms with Crippen LogP contribution < -0.4 is 0 Å². The molecule has 0 rings (SSSR count). The lowest BCUT2D eigenvalue weighted by Crippen LogP contribution is -2.18. The van der Waals surface area contributed by atoms with Crippen molar-refractivity contribution >= 4 is 10.4 Å². The molecule has 0 aromatic heterocycles. The van der Waals surface area contributed by atoms with Gasteiger partial charge in [-0.3, -0.25) is 4.55 Å². The van der Waals surface area contributed by atoms with Crippen LogP contribution in [0.15, 0.2) is 0 Å². The summed E-state index contributed by atoms with van der Waals surface area (Å²) in [4.78, 5) is 0. The molecule has 0 saturated carbocycles. The zero-order valence-electron chi connectivity index (χ0n) is 14.6. The van der Waals surface area contributed by atoms with Gasteiger partial charge >= 0.3 is 10.4 Å². The maximum Gasteiger partial charge on any atom is 0.397 e. The van der Waals surface area contributed by atoms with Gasteiger partial charge in [0.25, 0.3) is 0 Å². The monoisotopic (exact) mass is 336 g/mol. The number of hydrogen-bond donors (Lipinski definition) is 1. The summed E-state index contributed by atoms with van der Waals surface area (Å²) in [6.45, 7) is 4.38. The van der Waals surface area contributed by atoms with Crippen molar-refractivity contribution in [3.05, 3.63) is 0 Å². The van der Waals surface area contributed by atoms with Crippen LogP contribution in [-0.2, 0) is 14.6 Å². The number of unbranched alkanes of at least 4 members (excludes halogenated alkanes) is 10. The van der Waals surface area contributed by atoms with Crippen molar-refractivity contribution in [2.24, 2.45) is 0 Å². The minimum atomic E-state index is -4.33. The molecule has 0 heterocycles. The molecular weight excluding hydrogens is 300 g/mol. The van der Waals surface area contributed by atoms with Gasteiger partial charge in [0.2, 0.25) is 0 Å². The van der Waals surface area contributed by atoms with Crippen molar-refractivity contribution in [3.8, 4) is 0 Å². The Hall–Kier alpha value is -0.130. The van der Waals surface area contributed by atoms with Gasteiger partial charge in [-0.15, -0.1) is 0 Å². The molecule has 0 fully saturated rings. The van der Waals surface area contributed by atoms with Gasteiger partial charge in [-0.2, -0.15) is 8.42 Å². The van der Waals surface area contributed by atoms with Crippen LogP contribution in [0.1, 0.15) is 104 Å². The summed E-state index contributed by atoms with van der Waals surface area (Å²) in [6, 6.07) is 0. The molecule has 0 atom stereocenters. The fourth-order valence-electron chi connectivity index (χ4n) is 2.72. The smallest absolute Gasteiger partial charge is 0.264 e. The number of hydrogen-bond acceptors (Lipinski definition) is 3. The van der Waals surface area contributed by atoms with Crippen LogP contribution in [0.5, 0.6) is 0 Å². The second-order valence-electron chi connectivity index (χ2n) is 6.26. The van der Waals surface area contributed by atoms with E-state index in [0.29, 0.717) is 0 Å². The second-order valence-corrected chi connectivity index (χ2v) is 7.31.